The van der Waals surface area contributed by atoms with Crippen molar-refractivity contribution in [3.63, 3.8) is 0 Å². The van der Waals surface area contributed by atoms with Gasteiger partial charge >= 0.3 is 11.0 Å². The molecular formula is C15H11N3O5S. The summed E-state index contributed by atoms with van der Waals surface area (Å²) in [4.78, 5) is 22.0. The summed E-state index contributed by atoms with van der Waals surface area (Å²) >= 11 is 0.748. The molecule has 0 aliphatic heterocycles. The van der Waals surface area contributed by atoms with Crippen molar-refractivity contribution in [2.45, 2.75) is 13.5 Å². The number of hydrogen-bond acceptors (Lipinski definition) is 8. The molecule has 0 radical (unpaired) electrons. The Balaban J connectivity index is 1.64. The van der Waals surface area contributed by atoms with Crippen LogP contribution in [0.1, 0.15) is 21.1 Å². The van der Waals surface area contributed by atoms with Gasteiger partial charge in [0.25, 0.3) is 5.89 Å². The summed E-state index contributed by atoms with van der Waals surface area (Å²) in [5.41, 5.74) is 1.83. The Hall–Kier alpha value is -3.07. The van der Waals surface area contributed by atoms with Crippen molar-refractivity contribution in [1.82, 2.24) is 10.2 Å². The third-order valence-corrected chi connectivity index (χ3v) is 4.05. The molecule has 0 unspecified atom stereocenters. The molecule has 0 saturated heterocycles. The van der Waals surface area contributed by atoms with Crippen molar-refractivity contribution in [3.05, 3.63) is 62.8 Å². The van der Waals surface area contributed by atoms with Gasteiger partial charge in [0.2, 0.25) is 5.89 Å². The van der Waals surface area contributed by atoms with Crippen LogP contribution in [0.25, 0.3) is 11.5 Å². The number of esters is 1. The third kappa shape index (κ3) is 3.46. The number of nitro groups is 1. The van der Waals surface area contributed by atoms with Crippen molar-refractivity contribution in [3.8, 4) is 11.5 Å². The zero-order valence-corrected chi connectivity index (χ0v) is 13.3. The van der Waals surface area contributed by atoms with Gasteiger partial charge < -0.3 is 9.15 Å². The number of hydrogen-bond donors (Lipinski definition) is 0. The number of carbonyl (C=O) groups excluding carboxylic acids is 1. The van der Waals surface area contributed by atoms with Gasteiger partial charge in [-0.15, -0.1) is 10.2 Å². The summed E-state index contributed by atoms with van der Waals surface area (Å²) in [5, 5.41) is 18.2. The van der Waals surface area contributed by atoms with Gasteiger partial charge in [0.15, 0.2) is 6.61 Å². The van der Waals surface area contributed by atoms with Crippen LogP contribution in [0.15, 0.2) is 40.8 Å². The normalized spacial score (nSPS) is 10.5. The Morgan fingerprint density at radius 1 is 1.33 bits per heavy atom. The minimum atomic E-state index is -0.677. The van der Waals surface area contributed by atoms with Crippen molar-refractivity contribution in [2.24, 2.45) is 0 Å². The van der Waals surface area contributed by atoms with Crippen LogP contribution in [0.4, 0.5) is 5.00 Å². The Kier molecular flexibility index (Phi) is 4.34. The van der Waals surface area contributed by atoms with E-state index < -0.39 is 10.9 Å². The number of rotatable bonds is 5. The van der Waals surface area contributed by atoms with E-state index in [1.165, 1.54) is 12.1 Å². The quantitative estimate of drug-likeness (QED) is 0.396. The molecule has 0 amide bonds. The lowest BCUT2D eigenvalue weighted by atomic mass is 10.1. The van der Waals surface area contributed by atoms with E-state index in [2.05, 4.69) is 10.2 Å². The minimum Gasteiger partial charge on any atom is -0.451 e. The number of carbonyl (C=O) groups is 1. The fourth-order valence-electron chi connectivity index (χ4n) is 1.94. The van der Waals surface area contributed by atoms with Gasteiger partial charge in [-0.2, -0.15) is 0 Å². The molecule has 0 aliphatic carbocycles. The molecule has 0 N–H and O–H groups in total. The molecular weight excluding hydrogens is 334 g/mol. The maximum atomic E-state index is 11.9. The highest BCUT2D eigenvalue weighted by Crippen LogP contribution is 2.25. The van der Waals surface area contributed by atoms with Crippen molar-refractivity contribution < 1.29 is 18.9 Å². The molecule has 3 aromatic rings. The zero-order valence-electron chi connectivity index (χ0n) is 12.5. The molecule has 1 aromatic carbocycles. The molecule has 0 saturated carbocycles. The third-order valence-electron chi connectivity index (χ3n) is 3.03. The number of aryl methyl sites for hydroxylation is 1. The number of thiophene rings is 1. The summed E-state index contributed by atoms with van der Waals surface area (Å²) < 4.78 is 10.5. The highest BCUT2D eigenvalue weighted by atomic mass is 32.1. The Morgan fingerprint density at radius 2 is 2.17 bits per heavy atom. The monoisotopic (exact) mass is 345 g/mol. The smallest absolute Gasteiger partial charge is 0.349 e. The van der Waals surface area contributed by atoms with E-state index in [0.29, 0.717) is 5.89 Å². The van der Waals surface area contributed by atoms with Crippen LogP contribution in [0, 0.1) is 17.0 Å². The largest absolute Gasteiger partial charge is 0.451 e. The maximum absolute atomic E-state index is 11.9. The predicted molar refractivity (Wildman–Crippen MR) is 84.6 cm³/mol. The SMILES string of the molecule is Cc1cccc(-c2nnc(COC(=O)c3ccc([N+](=O)[O-])s3)o2)c1. The van der Waals surface area contributed by atoms with E-state index >= 15 is 0 Å². The topological polar surface area (TPSA) is 108 Å². The highest BCUT2D eigenvalue weighted by molar-refractivity contribution is 7.17. The molecule has 2 aromatic heterocycles. The molecule has 9 heteroatoms. The minimum absolute atomic E-state index is 0.124. The average molecular weight is 345 g/mol. The molecule has 122 valence electrons. The number of nitrogens with zero attached hydrogens (tertiary/aromatic N) is 3. The molecule has 0 spiro atoms. The van der Waals surface area contributed by atoms with Crippen LogP contribution in [0.2, 0.25) is 0 Å². The highest BCUT2D eigenvalue weighted by Gasteiger charge is 2.17. The molecule has 0 bridgehead atoms. The predicted octanol–water partition coefficient (Wildman–Crippen LogP) is 3.37. The first kappa shape index (κ1) is 15.8. The Morgan fingerprint density at radius 3 is 2.88 bits per heavy atom. The second-order valence-corrected chi connectivity index (χ2v) is 5.90. The fraction of sp³-hybridized carbons (Fsp3) is 0.133. The summed E-state index contributed by atoms with van der Waals surface area (Å²) in [6.07, 6.45) is 0. The van der Waals surface area contributed by atoms with Crippen LogP contribution in [0.5, 0.6) is 0 Å². The van der Waals surface area contributed by atoms with Gasteiger partial charge in [0, 0.05) is 11.6 Å². The van der Waals surface area contributed by atoms with Crippen molar-refractivity contribution in [1.29, 1.82) is 0 Å². The van der Waals surface area contributed by atoms with E-state index in [1.807, 2.05) is 31.2 Å². The molecule has 24 heavy (non-hydrogen) atoms. The summed E-state index contributed by atoms with van der Waals surface area (Å²) in [7, 11) is 0. The van der Waals surface area contributed by atoms with Gasteiger partial charge in [0.05, 0.1) is 4.92 Å². The number of ether oxygens (including phenoxy) is 1. The van der Waals surface area contributed by atoms with E-state index in [9.17, 15) is 14.9 Å². The van der Waals surface area contributed by atoms with E-state index in [-0.39, 0.29) is 22.4 Å². The van der Waals surface area contributed by atoms with Gasteiger partial charge in [-0.1, -0.05) is 29.0 Å². The lowest BCUT2D eigenvalue weighted by Gasteiger charge is -1.99. The van der Waals surface area contributed by atoms with Crippen molar-refractivity contribution >= 4 is 22.3 Å². The fourth-order valence-corrected chi connectivity index (χ4v) is 2.65. The molecule has 0 aliphatic rings. The van der Waals surface area contributed by atoms with Crippen LogP contribution in [0.3, 0.4) is 0 Å². The molecule has 3 rings (SSSR count). The van der Waals surface area contributed by atoms with E-state index in [1.54, 1.807) is 0 Å². The van der Waals surface area contributed by atoms with E-state index in [0.717, 1.165) is 22.5 Å². The first-order valence-corrected chi connectivity index (χ1v) is 7.65. The van der Waals surface area contributed by atoms with Gasteiger partial charge in [0.1, 0.15) is 4.88 Å². The van der Waals surface area contributed by atoms with Gasteiger partial charge in [-0.3, -0.25) is 10.1 Å². The number of aromatic nitrogens is 2. The average Bonchev–Trinajstić information content (AvgIpc) is 3.22. The maximum Gasteiger partial charge on any atom is 0.349 e. The molecule has 8 nitrogen and oxygen atoms in total. The van der Waals surface area contributed by atoms with Gasteiger partial charge in [-0.05, 0) is 25.1 Å². The first-order chi connectivity index (χ1) is 11.5. The van der Waals surface area contributed by atoms with Crippen LogP contribution in [-0.4, -0.2) is 21.1 Å². The van der Waals surface area contributed by atoms with Gasteiger partial charge in [-0.25, -0.2) is 4.79 Å². The second kappa shape index (κ2) is 6.59. The standard InChI is InChI=1S/C15H11N3O5S/c1-9-3-2-4-10(7-9)14-17-16-12(23-14)8-22-15(19)11-5-6-13(24-11)18(20)21/h2-7H,8H2,1H3. The molecule has 0 fully saturated rings. The molecule has 2 heterocycles. The van der Waals surface area contributed by atoms with Crippen LogP contribution >= 0.6 is 11.3 Å². The lowest BCUT2D eigenvalue weighted by molar-refractivity contribution is -0.380. The molecule has 0 atom stereocenters. The lowest BCUT2D eigenvalue weighted by Crippen LogP contribution is -2.03. The van der Waals surface area contributed by atoms with Crippen LogP contribution < -0.4 is 0 Å². The first-order valence-electron chi connectivity index (χ1n) is 6.83. The number of benzene rings is 1. The summed E-state index contributed by atoms with van der Waals surface area (Å²) in [6.45, 7) is 1.74. The summed E-state index contributed by atoms with van der Waals surface area (Å²) in [5.74, 6) is -0.203. The Labute approximate surface area is 139 Å². The van der Waals surface area contributed by atoms with Crippen molar-refractivity contribution in [2.75, 3.05) is 0 Å². The zero-order chi connectivity index (χ0) is 17.1. The summed E-state index contributed by atoms with van der Waals surface area (Å²) in [6, 6.07) is 10.1. The Bertz CT molecular complexity index is 902. The van der Waals surface area contributed by atoms with Crippen LogP contribution in [-0.2, 0) is 11.3 Å². The second-order valence-electron chi connectivity index (χ2n) is 4.84. The van der Waals surface area contributed by atoms with E-state index in [4.69, 9.17) is 9.15 Å².